The number of hydrogen-bond donors (Lipinski definition) is 2. The van der Waals surface area contributed by atoms with Crippen molar-refractivity contribution in [2.45, 2.75) is 33.7 Å². The maximum absolute atomic E-state index is 12.1. The second kappa shape index (κ2) is 8.93. The molecule has 2 aromatic rings. The van der Waals surface area contributed by atoms with E-state index in [1.807, 2.05) is 6.92 Å². The Kier molecular flexibility index (Phi) is 6.64. The molecule has 27 heavy (non-hydrogen) atoms. The molecule has 2 amide bonds. The zero-order chi connectivity index (χ0) is 20.0. The first-order valence-electron chi connectivity index (χ1n) is 8.65. The predicted octanol–water partition coefficient (Wildman–Crippen LogP) is 1.71. The van der Waals surface area contributed by atoms with Crippen molar-refractivity contribution < 1.29 is 14.5 Å². The molecule has 0 aliphatic heterocycles. The minimum absolute atomic E-state index is 0.0207. The molecule has 1 heterocycles. The van der Waals surface area contributed by atoms with E-state index >= 15 is 0 Å². The third-order valence-corrected chi connectivity index (χ3v) is 4.06. The molecular formula is C18H23N5O4. The number of nitrogens with zero attached hydrogens (tertiary/aromatic N) is 3. The average Bonchev–Trinajstić information content (AvgIpc) is 2.91. The monoisotopic (exact) mass is 373 g/mol. The fourth-order valence-corrected chi connectivity index (χ4v) is 2.63. The molecule has 0 atom stereocenters. The summed E-state index contributed by atoms with van der Waals surface area (Å²) in [6.45, 7) is 6.08. The highest BCUT2D eigenvalue weighted by Gasteiger charge is 2.21. The number of benzene rings is 1. The predicted molar refractivity (Wildman–Crippen MR) is 99.5 cm³/mol. The van der Waals surface area contributed by atoms with Gasteiger partial charge in [0.05, 0.1) is 18.0 Å². The number of aryl methyl sites for hydroxylation is 1. The van der Waals surface area contributed by atoms with E-state index in [9.17, 15) is 19.7 Å². The number of carbonyl (C=O) groups is 2. The molecule has 2 N–H and O–H groups in total. The van der Waals surface area contributed by atoms with Crippen molar-refractivity contribution in [2.75, 3.05) is 13.1 Å². The Morgan fingerprint density at radius 1 is 1.19 bits per heavy atom. The van der Waals surface area contributed by atoms with Gasteiger partial charge in [-0.3, -0.25) is 24.4 Å². The number of nitro groups is 1. The van der Waals surface area contributed by atoms with Crippen molar-refractivity contribution in [1.82, 2.24) is 20.4 Å². The molecule has 0 radical (unpaired) electrons. The molecule has 0 saturated heterocycles. The molecule has 0 aliphatic carbocycles. The van der Waals surface area contributed by atoms with Crippen molar-refractivity contribution in [3.8, 4) is 0 Å². The molecule has 1 aromatic carbocycles. The van der Waals surface area contributed by atoms with Crippen molar-refractivity contribution in [3.63, 3.8) is 0 Å². The Morgan fingerprint density at radius 3 is 2.41 bits per heavy atom. The van der Waals surface area contributed by atoms with E-state index in [0.717, 1.165) is 12.0 Å². The van der Waals surface area contributed by atoms with Crippen molar-refractivity contribution in [1.29, 1.82) is 0 Å². The molecule has 0 bridgehead atoms. The quantitative estimate of drug-likeness (QED) is 0.539. The van der Waals surface area contributed by atoms with Gasteiger partial charge in [0.25, 0.3) is 5.91 Å². The van der Waals surface area contributed by atoms with Gasteiger partial charge in [-0.25, -0.2) is 0 Å². The zero-order valence-electron chi connectivity index (χ0n) is 15.6. The van der Waals surface area contributed by atoms with E-state index in [1.165, 1.54) is 0 Å². The van der Waals surface area contributed by atoms with Crippen molar-refractivity contribution in [2.24, 2.45) is 0 Å². The van der Waals surface area contributed by atoms with Crippen LogP contribution in [0, 0.1) is 24.0 Å². The lowest BCUT2D eigenvalue weighted by Gasteiger charge is -2.08. The molecule has 0 unspecified atom stereocenters. The van der Waals surface area contributed by atoms with Gasteiger partial charge in [0.15, 0.2) is 0 Å². The third-order valence-electron chi connectivity index (χ3n) is 4.06. The lowest BCUT2D eigenvalue weighted by molar-refractivity contribution is -0.386. The highest BCUT2D eigenvalue weighted by Crippen LogP contribution is 2.22. The molecule has 0 spiro atoms. The van der Waals surface area contributed by atoms with E-state index < -0.39 is 4.92 Å². The van der Waals surface area contributed by atoms with Crippen LogP contribution >= 0.6 is 0 Å². The van der Waals surface area contributed by atoms with Gasteiger partial charge in [-0.2, -0.15) is 5.10 Å². The first-order valence-corrected chi connectivity index (χ1v) is 8.65. The number of hydrogen-bond acceptors (Lipinski definition) is 5. The molecule has 1 aromatic heterocycles. The van der Waals surface area contributed by atoms with Crippen LogP contribution in [0.1, 0.15) is 40.7 Å². The molecule has 9 heteroatoms. The smallest absolute Gasteiger partial charge is 0.312 e. The lowest BCUT2D eigenvalue weighted by Crippen LogP contribution is -2.37. The van der Waals surface area contributed by atoms with Crippen LogP contribution in [0.15, 0.2) is 24.3 Å². The zero-order valence-corrected chi connectivity index (χ0v) is 15.6. The minimum Gasteiger partial charge on any atom is -0.355 e. The van der Waals surface area contributed by atoms with Gasteiger partial charge in [0.1, 0.15) is 11.4 Å². The SMILES string of the molecule is CCCNC(=O)CNC(=O)c1ccc(Cn2nc(C)c([N+](=O)[O-])c2C)cc1. The van der Waals surface area contributed by atoms with Gasteiger partial charge >= 0.3 is 5.69 Å². The Balaban J connectivity index is 1.99. The molecule has 144 valence electrons. The largest absolute Gasteiger partial charge is 0.355 e. The topological polar surface area (TPSA) is 119 Å². The second-order valence-corrected chi connectivity index (χ2v) is 6.16. The van der Waals surface area contributed by atoms with Crippen LogP contribution < -0.4 is 10.6 Å². The average molecular weight is 373 g/mol. The van der Waals surface area contributed by atoms with Crippen molar-refractivity contribution in [3.05, 3.63) is 56.9 Å². The number of carbonyl (C=O) groups excluding carboxylic acids is 2. The van der Waals surface area contributed by atoms with Crippen LogP contribution in [0.25, 0.3) is 0 Å². The van der Waals surface area contributed by atoms with Gasteiger partial charge in [-0.1, -0.05) is 19.1 Å². The Hall–Kier alpha value is -3.23. The van der Waals surface area contributed by atoms with Crippen LogP contribution in [-0.2, 0) is 11.3 Å². The summed E-state index contributed by atoms with van der Waals surface area (Å²) in [5, 5.41) is 20.5. The lowest BCUT2D eigenvalue weighted by atomic mass is 10.1. The third kappa shape index (κ3) is 5.13. The van der Waals surface area contributed by atoms with E-state index in [0.29, 0.717) is 30.0 Å². The van der Waals surface area contributed by atoms with Crippen LogP contribution in [0.2, 0.25) is 0 Å². The van der Waals surface area contributed by atoms with E-state index in [2.05, 4.69) is 15.7 Å². The summed E-state index contributed by atoms with van der Waals surface area (Å²) in [6, 6.07) is 6.81. The van der Waals surface area contributed by atoms with Crippen LogP contribution in [0.4, 0.5) is 5.69 Å². The summed E-state index contributed by atoms with van der Waals surface area (Å²) in [7, 11) is 0. The Morgan fingerprint density at radius 2 is 1.85 bits per heavy atom. The highest BCUT2D eigenvalue weighted by atomic mass is 16.6. The number of rotatable bonds is 8. The number of amides is 2. The maximum Gasteiger partial charge on any atom is 0.312 e. The second-order valence-electron chi connectivity index (χ2n) is 6.16. The van der Waals surface area contributed by atoms with Gasteiger partial charge < -0.3 is 10.6 Å². The van der Waals surface area contributed by atoms with Crippen molar-refractivity contribution >= 4 is 17.5 Å². The Bertz CT molecular complexity index is 842. The minimum atomic E-state index is -0.432. The van der Waals surface area contributed by atoms with Gasteiger partial charge in [-0.05, 0) is 38.0 Å². The Labute approximate surface area is 156 Å². The highest BCUT2D eigenvalue weighted by molar-refractivity contribution is 5.96. The van der Waals surface area contributed by atoms with Gasteiger partial charge in [0, 0.05) is 12.1 Å². The molecule has 9 nitrogen and oxygen atoms in total. The summed E-state index contributed by atoms with van der Waals surface area (Å²) in [5.41, 5.74) is 2.16. The first-order chi connectivity index (χ1) is 12.8. The molecule has 2 rings (SSSR count). The van der Waals surface area contributed by atoms with E-state index in [1.54, 1.807) is 42.8 Å². The molecule has 0 aliphatic rings. The fraction of sp³-hybridized carbons (Fsp3) is 0.389. The van der Waals surface area contributed by atoms with E-state index in [-0.39, 0.29) is 24.0 Å². The number of nitrogens with one attached hydrogen (secondary N) is 2. The van der Waals surface area contributed by atoms with Crippen LogP contribution in [0.3, 0.4) is 0 Å². The summed E-state index contributed by atoms with van der Waals surface area (Å²) in [5.74, 6) is -0.567. The van der Waals surface area contributed by atoms with Gasteiger partial charge in [-0.15, -0.1) is 0 Å². The van der Waals surface area contributed by atoms with Crippen LogP contribution in [-0.4, -0.2) is 39.6 Å². The van der Waals surface area contributed by atoms with Crippen LogP contribution in [0.5, 0.6) is 0 Å². The molecule has 0 saturated carbocycles. The first kappa shape index (κ1) is 20.1. The normalized spacial score (nSPS) is 10.5. The molecule has 0 fully saturated rings. The maximum atomic E-state index is 12.1. The number of aromatic nitrogens is 2. The van der Waals surface area contributed by atoms with E-state index in [4.69, 9.17) is 0 Å². The fourth-order valence-electron chi connectivity index (χ4n) is 2.63. The summed E-state index contributed by atoms with van der Waals surface area (Å²) >= 11 is 0. The molecular weight excluding hydrogens is 350 g/mol. The van der Waals surface area contributed by atoms with Gasteiger partial charge in [0.2, 0.25) is 5.91 Å². The summed E-state index contributed by atoms with van der Waals surface area (Å²) in [6.07, 6.45) is 0.833. The standard InChI is InChI=1S/C18H23N5O4/c1-4-9-19-16(24)10-20-18(25)15-7-5-14(6-8-15)11-22-13(3)17(23(26)27)12(2)21-22/h5-8H,4,9-11H2,1-3H3,(H,19,24)(H,20,25). The summed E-state index contributed by atoms with van der Waals surface area (Å²) < 4.78 is 1.57. The summed E-state index contributed by atoms with van der Waals surface area (Å²) in [4.78, 5) is 34.2.